The van der Waals surface area contributed by atoms with Crippen molar-refractivity contribution in [3.05, 3.63) is 28.9 Å². The smallest absolute Gasteiger partial charge is 0.241 e. The number of methoxy groups -OCH3 is 1. The zero-order valence-electron chi connectivity index (χ0n) is 11.0. The summed E-state index contributed by atoms with van der Waals surface area (Å²) >= 11 is 3.43. The van der Waals surface area contributed by atoms with E-state index in [0.717, 1.165) is 15.5 Å². The lowest BCUT2D eigenvalue weighted by Gasteiger charge is -2.12. The van der Waals surface area contributed by atoms with E-state index in [-0.39, 0.29) is 5.95 Å². The number of hydrogen-bond acceptors (Lipinski definition) is 7. The first-order chi connectivity index (χ1) is 10.2. The number of aromatic nitrogens is 4. The molecule has 2 aromatic heterocycles. The second-order valence-corrected chi connectivity index (χ2v) is 5.06. The number of fused-ring (bicyclic) bond motifs is 1. The lowest BCUT2D eigenvalue weighted by Crippen LogP contribution is -2.11. The Labute approximate surface area is 128 Å². The highest BCUT2D eigenvalue weighted by Gasteiger charge is 2.11. The molecule has 0 unspecified atom stereocenters. The Morgan fingerprint density at radius 1 is 1.33 bits per heavy atom. The van der Waals surface area contributed by atoms with Gasteiger partial charge in [-0.2, -0.15) is 15.1 Å². The van der Waals surface area contributed by atoms with Crippen LogP contribution in [0.15, 0.2) is 28.9 Å². The molecule has 0 aliphatic heterocycles. The number of halogens is 1. The summed E-state index contributed by atoms with van der Waals surface area (Å²) in [6, 6.07) is 5.63. The van der Waals surface area contributed by atoms with Crippen molar-refractivity contribution in [1.82, 2.24) is 20.2 Å². The summed E-state index contributed by atoms with van der Waals surface area (Å²) in [6.45, 7) is 0. The molecule has 0 amide bonds. The predicted molar refractivity (Wildman–Crippen MR) is 83.5 cm³/mol. The number of rotatable bonds is 4. The minimum Gasteiger partial charge on any atom is -0.495 e. The van der Waals surface area contributed by atoms with Crippen LogP contribution >= 0.6 is 15.9 Å². The van der Waals surface area contributed by atoms with E-state index >= 15 is 0 Å². The Morgan fingerprint density at radius 2 is 2.19 bits per heavy atom. The van der Waals surface area contributed by atoms with Crippen molar-refractivity contribution in [2.24, 2.45) is 5.84 Å². The first-order valence-corrected chi connectivity index (χ1v) is 6.79. The molecule has 8 nitrogen and oxygen atoms in total. The summed E-state index contributed by atoms with van der Waals surface area (Å²) in [5.74, 6) is 6.92. The lowest BCUT2D eigenvalue weighted by molar-refractivity contribution is 0.416. The van der Waals surface area contributed by atoms with E-state index in [2.05, 4.69) is 46.8 Å². The normalized spacial score (nSPS) is 10.6. The zero-order chi connectivity index (χ0) is 14.8. The summed E-state index contributed by atoms with van der Waals surface area (Å²) < 4.78 is 6.25. The van der Waals surface area contributed by atoms with Crippen molar-refractivity contribution in [3.63, 3.8) is 0 Å². The Bertz CT molecular complexity index is 788. The van der Waals surface area contributed by atoms with Gasteiger partial charge in [-0.15, -0.1) is 0 Å². The number of hydrogen-bond donors (Lipinski definition) is 4. The molecule has 21 heavy (non-hydrogen) atoms. The topological polar surface area (TPSA) is 114 Å². The van der Waals surface area contributed by atoms with Crippen LogP contribution in [0.25, 0.3) is 11.0 Å². The van der Waals surface area contributed by atoms with Gasteiger partial charge in [0.1, 0.15) is 11.6 Å². The van der Waals surface area contributed by atoms with Crippen LogP contribution in [0.2, 0.25) is 0 Å². The molecule has 0 bridgehead atoms. The summed E-state index contributed by atoms with van der Waals surface area (Å²) in [7, 11) is 1.61. The molecule has 0 aliphatic carbocycles. The fraction of sp³-hybridized carbons (Fsp3) is 0.0833. The number of hydrazine groups is 1. The molecule has 0 saturated carbocycles. The molecule has 3 aromatic rings. The molecule has 0 atom stereocenters. The van der Waals surface area contributed by atoms with Gasteiger partial charge >= 0.3 is 0 Å². The fourth-order valence-corrected chi connectivity index (χ4v) is 2.26. The Hall–Kier alpha value is -2.39. The molecule has 0 aliphatic rings. The van der Waals surface area contributed by atoms with E-state index in [1.165, 1.54) is 0 Å². The highest BCUT2D eigenvalue weighted by molar-refractivity contribution is 9.10. The first-order valence-electron chi connectivity index (χ1n) is 5.99. The van der Waals surface area contributed by atoms with Gasteiger partial charge in [0.2, 0.25) is 5.95 Å². The predicted octanol–water partition coefficient (Wildman–Crippen LogP) is 2.15. The Morgan fingerprint density at radius 3 is 2.95 bits per heavy atom. The van der Waals surface area contributed by atoms with Crippen molar-refractivity contribution in [2.45, 2.75) is 0 Å². The molecule has 1 aromatic carbocycles. The van der Waals surface area contributed by atoms with Crippen molar-refractivity contribution < 1.29 is 4.74 Å². The summed E-state index contributed by atoms with van der Waals surface area (Å²) in [5.41, 5.74) is 3.76. The number of nitrogens with two attached hydrogens (primary N) is 1. The van der Waals surface area contributed by atoms with E-state index in [4.69, 9.17) is 10.6 Å². The maximum Gasteiger partial charge on any atom is 0.241 e. The molecule has 0 fully saturated rings. The molecular weight excluding hydrogens is 338 g/mol. The SMILES string of the molecule is COc1ccc(Br)cc1Nc1nc(NN)nc2[nH]ncc12. The second-order valence-electron chi connectivity index (χ2n) is 4.14. The number of benzene rings is 1. The van der Waals surface area contributed by atoms with Gasteiger partial charge in [0, 0.05) is 4.47 Å². The first kappa shape index (κ1) is 13.6. The van der Waals surface area contributed by atoms with E-state index in [9.17, 15) is 0 Å². The van der Waals surface area contributed by atoms with Gasteiger partial charge in [-0.05, 0) is 18.2 Å². The van der Waals surface area contributed by atoms with E-state index in [0.29, 0.717) is 17.2 Å². The number of anilines is 3. The van der Waals surface area contributed by atoms with Crippen LogP contribution in [-0.2, 0) is 0 Å². The van der Waals surface area contributed by atoms with Crippen molar-refractivity contribution >= 4 is 44.4 Å². The van der Waals surface area contributed by atoms with Crippen molar-refractivity contribution in [2.75, 3.05) is 17.9 Å². The molecule has 108 valence electrons. The lowest BCUT2D eigenvalue weighted by atomic mass is 10.3. The quantitative estimate of drug-likeness (QED) is 0.421. The largest absolute Gasteiger partial charge is 0.495 e. The third-order valence-electron chi connectivity index (χ3n) is 2.85. The van der Waals surface area contributed by atoms with Crippen LogP contribution in [0.1, 0.15) is 0 Å². The van der Waals surface area contributed by atoms with E-state index < -0.39 is 0 Å². The standard InChI is InChI=1S/C12H12BrN7O/c1-21-9-3-2-6(13)4-8(9)16-10-7-5-15-20-11(7)18-12(17-10)19-14/h2-5H,14H2,1H3,(H3,15,16,17,18,19,20). The Kier molecular flexibility index (Phi) is 3.59. The summed E-state index contributed by atoms with van der Waals surface area (Å²) in [6.07, 6.45) is 1.64. The van der Waals surface area contributed by atoms with Gasteiger partial charge in [0.05, 0.1) is 24.4 Å². The Balaban J connectivity index is 2.09. The van der Waals surface area contributed by atoms with E-state index in [1.807, 2.05) is 18.2 Å². The minimum atomic E-state index is 0.281. The van der Waals surface area contributed by atoms with Crippen LogP contribution in [-0.4, -0.2) is 27.3 Å². The van der Waals surface area contributed by atoms with Gasteiger partial charge in [-0.3, -0.25) is 10.5 Å². The third-order valence-corrected chi connectivity index (χ3v) is 3.35. The fourth-order valence-electron chi connectivity index (χ4n) is 1.90. The number of nitrogen functional groups attached to an aromatic ring is 1. The third kappa shape index (κ3) is 2.60. The minimum absolute atomic E-state index is 0.281. The molecule has 2 heterocycles. The number of nitrogens with one attached hydrogen (secondary N) is 3. The van der Waals surface area contributed by atoms with Gasteiger partial charge in [0.25, 0.3) is 0 Å². The van der Waals surface area contributed by atoms with Crippen LogP contribution in [0.4, 0.5) is 17.5 Å². The molecule has 0 radical (unpaired) electrons. The van der Waals surface area contributed by atoms with Crippen molar-refractivity contribution in [1.29, 1.82) is 0 Å². The zero-order valence-corrected chi connectivity index (χ0v) is 12.6. The maximum atomic E-state index is 5.38. The van der Waals surface area contributed by atoms with E-state index in [1.54, 1.807) is 13.3 Å². The van der Waals surface area contributed by atoms with Gasteiger partial charge in [-0.25, -0.2) is 5.84 Å². The molecule has 3 rings (SSSR count). The average molecular weight is 350 g/mol. The van der Waals surface area contributed by atoms with Gasteiger partial charge in [0.15, 0.2) is 5.65 Å². The maximum absolute atomic E-state index is 5.38. The highest BCUT2D eigenvalue weighted by Crippen LogP contribution is 2.32. The van der Waals surface area contributed by atoms with Crippen LogP contribution in [0.3, 0.4) is 0 Å². The second kappa shape index (κ2) is 5.54. The van der Waals surface area contributed by atoms with Crippen LogP contribution in [0, 0.1) is 0 Å². The molecule has 9 heteroatoms. The average Bonchev–Trinajstić information content (AvgIpc) is 2.96. The number of H-pyrrole nitrogens is 1. The highest BCUT2D eigenvalue weighted by atomic mass is 79.9. The van der Waals surface area contributed by atoms with Crippen LogP contribution in [0.5, 0.6) is 5.75 Å². The van der Waals surface area contributed by atoms with Crippen molar-refractivity contribution in [3.8, 4) is 5.75 Å². The van der Waals surface area contributed by atoms with Crippen LogP contribution < -0.4 is 21.3 Å². The summed E-state index contributed by atoms with van der Waals surface area (Å²) in [5, 5.41) is 10.7. The van der Waals surface area contributed by atoms with Gasteiger partial charge < -0.3 is 10.1 Å². The molecule has 0 saturated heterocycles. The van der Waals surface area contributed by atoms with Gasteiger partial charge in [-0.1, -0.05) is 15.9 Å². The molecule has 5 N–H and O–H groups in total. The number of ether oxygens (including phenoxy) is 1. The molecular formula is C12H12BrN7O. The monoisotopic (exact) mass is 349 g/mol. The number of nitrogens with zero attached hydrogens (tertiary/aromatic N) is 3. The number of aromatic amines is 1. The molecule has 0 spiro atoms. The summed E-state index contributed by atoms with van der Waals surface area (Å²) in [4.78, 5) is 8.47.